The Kier molecular flexibility index (Phi) is 5.13. The third-order valence-corrected chi connectivity index (χ3v) is 6.80. The maximum Gasteiger partial charge on any atom is 0.156 e. The van der Waals surface area contributed by atoms with E-state index in [0.29, 0.717) is 5.41 Å². The summed E-state index contributed by atoms with van der Waals surface area (Å²) in [6.07, 6.45) is 8.23. The molecule has 1 aliphatic heterocycles. The second-order valence-electron chi connectivity index (χ2n) is 5.64. The molecule has 0 aromatic carbocycles. The van der Waals surface area contributed by atoms with E-state index < -0.39 is 10.8 Å². The Bertz CT molecular complexity index is 338. The zero-order chi connectivity index (χ0) is 13.0. The van der Waals surface area contributed by atoms with Gasteiger partial charge >= 0.3 is 0 Å². The van der Waals surface area contributed by atoms with Crippen LogP contribution in [0.1, 0.15) is 39.0 Å². The third-order valence-electron chi connectivity index (χ3n) is 4.13. The van der Waals surface area contributed by atoms with Crippen LogP contribution < -0.4 is 5.32 Å². The number of rotatable bonds is 4. The van der Waals surface area contributed by atoms with Crippen LogP contribution in [0.5, 0.6) is 0 Å². The largest absolute Gasteiger partial charge is 0.365 e. The molecular weight excluding hydrogens is 264 g/mol. The monoisotopic (exact) mass is 288 g/mol. The summed E-state index contributed by atoms with van der Waals surface area (Å²) in [5, 5.41) is 4.76. The average molecular weight is 288 g/mol. The van der Waals surface area contributed by atoms with Gasteiger partial charge < -0.3 is 5.32 Å². The van der Waals surface area contributed by atoms with Gasteiger partial charge in [-0.15, -0.1) is 0 Å². The summed E-state index contributed by atoms with van der Waals surface area (Å²) in [7, 11) is -0.710. The number of nitrogens with zero attached hydrogens (tertiary/aromatic N) is 1. The number of amidine groups is 1. The summed E-state index contributed by atoms with van der Waals surface area (Å²) in [5.41, 5.74) is 0.522. The maximum absolute atomic E-state index is 11.2. The summed E-state index contributed by atoms with van der Waals surface area (Å²) >= 11 is 1.88. The van der Waals surface area contributed by atoms with E-state index in [0.717, 1.165) is 24.7 Å². The van der Waals surface area contributed by atoms with Gasteiger partial charge in [-0.2, -0.15) is 0 Å². The molecule has 2 unspecified atom stereocenters. The highest BCUT2D eigenvalue weighted by atomic mass is 32.2. The topological polar surface area (TPSA) is 41.5 Å². The zero-order valence-electron chi connectivity index (χ0n) is 11.4. The van der Waals surface area contributed by atoms with Crippen molar-refractivity contribution in [1.82, 2.24) is 5.32 Å². The van der Waals surface area contributed by atoms with Crippen LogP contribution in [-0.2, 0) is 10.8 Å². The Morgan fingerprint density at radius 3 is 2.78 bits per heavy atom. The van der Waals surface area contributed by atoms with Crippen LogP contribution in [0.15, 0.2) is 4.99 Å². The van der Waals surface area contributed by atoms with Crippen molar-refractivity contribution in [2.24, 2.45) is 10.4 Å². The van der Waals surface area contributed by atoms with Gasteiger partial charge in [-0.1, -0.05) is 31.5 Å². The van der Waals surface area contributed by atoms with Gasteiger partial charge in [-0.25, -0.2) is 0 Å². The predicted molar refractivity (Wildman–Crippen MR) is 81.8 cm³/mol. The summed E-state index contributed by atoms with van der Waals surface area (Å²) in [5.74, 6) is 1.23. The van der Waals surface area contributed by atoms with Crippen molar-refractivity contribution >= 4 is 27.7 Å². The molecule has 0 bridgehead atoms. The first kappa shape index (κ1) is 14.4. The molecule has 104 valence electrons. The molecule has 2 atom stereocenters. The lowest BCUT2D eigenvalue weighted by Crippen LogP contribution is -2.34. The number of hydrogen-bond acceptors (Lipinski definition) is 4. The zero-order valence-corrected chi connectivity index (χ0v) is 13.0. The summed E-state index contributed by atoms with van der Waals surface area (Å²) in [6, 6.07) is 0. The quantitative estimate of drug-likeness (QED) is 0.863. The highest BCUT2D eigenvalue weighted by Gasteiger charge is 2.36. The van der Waals surface area contributed by atoms with Crippen LogP contribution in [0.2, 0.25) is 0 Å². The van der Waals surface area contributed by atoms with Gasteiger partial charge in [-0.3, -0.25) is 9.20 Å². The molecule has 0 saturated heterocycles. The van der Waals surface area contributed by atoms with E-state index in [2.05, 4.69) is 5.32 Å². The molecule has 1 heterocycles. The van der Waals surface area contributed by atoms with Crippen molar-refractivity contribution in [2.75, 3.05) is 25.1 Å². The van der Waals surface area contributed by atoms with Crippen molar-refractivity contribution in [1.29, 1.82) is 0 Å². The molecule has 1 fully saturated rings. The first-order valence-corrected chi connectivity index (χ1v) is 9.45. The van der Waals surface area contributed by atoms with E-state index >= 15 is 0 Å². The molecule has 5 heteroatoms. The lowest BCUT2D eigenvalue weighted by atomic mass is 9.89. The number of nitrogens with one attached hydrogen (secondary N) is 1. The van der Waals surface area contributed by atoms with Gasteiger partial charge in [0.05, 0.1) is 0 Å². The second-order valence-corrected chi connectivity index (χ2v) is 8.41. The minimum atomic E-state index is -0.710. The van der Waals surface area contributed by atoms with Gasteiger partial charge in [0, 0.05) is 41.1 Å². The Labute approximate surface area is 117 Å². The smallest absolute Gasteiger partial charge is 0.156 e. The van der Waals surface area contributed by atoms with Gasteiger partial charge in [-0.05, 0) is 24.7 Å². The van der Waals surface area contributed by atoms with E-state index in [9.17, 15) is 4.21 Å². The summed E-state index contributed by atoms with van der Waals surface area (Å²) in [6.45, 7) is 3.94. The van der Waals surface area contributed by atoms with Crippen LogP contribution in [0.4, 0.5) is 0 Å². The standard InChI is InChI=1S/C13H24N2OS2/c1-11(18(2)16)5-8-14-12-15-9-13(10-17-12)6-3-4-7-13/h11H,3-10H2,1-2H3,(H,14,15). The first-order valence-electron chi connectivity index (χ1n) is 6.85. The molecule has 1 spiro atoms. The maximum atomic E-state index is 11.2. The van der Waals surface area contributed by atoms with Crippen molar-refractivity contribution in [3.8, 4) is 0 Å². The summed E-state index contributed by atoms with van der Waals surface area (Å²) in [4.78, 5) is 4.70. The van der Waals surface area contributed by atoms with Crippen molar-refractivity contribution < 1.29 is 4.21 Å². The third kappa shape index (κ3) is 3.73. The predicted octanol–water partition coefficient (Wildman–Crippen LogP) is 2.40. The van der Waals surface area contributed by atoms with Crippen molar-refractivity contribution in [2.45, 2.75) is 44.3 Å². The molecule has 1 aliphatic carbocycles. The molecule has 0 amide bonds. The van der Waals surface area contributed by atoms with Gasteiger partial charge in [0.25, 0.3) is 0 Å². The van der Waals surface area contributed by atoms with E-state index in [1.54, 1.807) is 6.26 Å². The van der Waals surface area contributed by atoms with E-state index in [4.69, 9.17) is 4.99 Å². The molecule has 2 rings (SSSR count). The number of thioether (sulfide) groups is 1. The minimum Gasteiger partial charge on any atom is -0.365 e. The fourth-order valence-electron chi connectivity index (χ4n) is 2.63. The SMILES string of the molecule is CC(CCNC1=NCC2(CCCC2)CS1)S(C)=O. The van der Waals surface area contributed by atoms with Crippen LogP contribution in [0.3, 0.4) is 0 Å². The van der Waals surface area contributed by atoms with Crippen molar-refractivity contribution in [3.05, 3.63) is 0 Å². The normalized spacial score (nSPS) is 25.8. The van der Waals surface area contributed by atoms with Crippen LogP contribution in [-0.4, -0.2) is 39.7 Å². The molecule has 3 nitrogen and oxygen atoms in total. The van der Waals surface area contributed by atoms with Gasteiger partial charge in [0.15, 0.2) is 5.17 Å². The van der Waals surface area contributed by atoms with E-state index in [1.807, 2.05) is 18.7 Å². The Balaban J connectivity index is 1.72. The fraction of sp³-hybridized carbons (Fsp3) is 0.923. The highest BCUT2D eigenvalue weighted by Crippen LogP contribution is 2.43. The Morgan fingerprint density at radius 1 is 1.50 bits per heavy atom. The average Bonchev–Trinajstić information content (AvgIpc) is 2.80. The van der Waals surface area contributed by atoms with Crippen molar-refractivity contribution in [3.63, 3.8) is 0 Å². The highest BCUT2D eigenvalue weighted by molar-refractivity contribution is 8.13. The molecule has 0 aromatic rings. The lowest BCUT2D eigenvalue weighted by Gasteiger charge is -2.31. The molecular formula is C13H24N2OS2. The van der Waals surface area contributed by atoms with Crippen LogP contribution >= 0.6 is 11.8 Å². The molecule has 1 N–H and O–H groups in total. The number of aliphatic imine (C=N–C) groups is 1. The Morgan fingerprint density at radius 2 is 2.22 bits per heavy atom. The minimum absolute atomic E-state index is 0.271. The Hall–Kier alpha value is -0.0300. The molecule has 0 aromatic heterocycles. The molecule has 18 heavy (non-hydrogen) atoms. The van der Waals surface area contributed by atoms with E-state index in [-0.39, 0.29) is 5.25 Å². The molecule has 2 aliphatic rings. The van der Waals surface area contributed by atoms with Gasteiger partial charge in [0.2, 0.25) is 0 Å². The first-order chi connectivity index (χ1) is 8.61. The van der Waals surface area contributed by atoms with Gasteiger partial charge in [0.1, 0.15) is 0 Å². The molecule has 0 radical (unpaired) electrons. The summed E-state index contributed by atoms with van der Waals surface area (Å²) < 4.78 is 11.2. The van der Waals surface area contributed by atoms with Crippen LogP contribution in [0, 0.1) is 5.41 Å². The lowest BCUT2D eigenvalue weighted by molar-refractivity contribution is 0.358. The van der Waals surface area contributed by atoms with Crippen LogP contribution in [0.25, 0.3) is 0 Å². The fourth-order valence-corrected chi connectivity index (χ4v) is 4.27. The van der Waals surface area contributed by atoms with E-state index in [1.165, 1.54) is 31.4 Å². The number of hydrogen-bond donors (Lipinski definition) is 1. The second kappa shape index (κ2) is 6.42. The molecule has 1 saturated carbocycles.